The molecule has 0 saturated heterocycles. The fourth-order valence-electron chi connectivity index (χ4n) is 3.41. The summed E-state index contributed by atoms with van der Waals surface area (Å²) in [6, 6.07) is 0. The number of fused-ring (bicyclic) bond motifs is 2. The minimum absolute atomic E-state index is 0.0622. The molecule has 4 rings (SSSR count). The highest BCUT2D eigenvalue weighted by molar-refractivity contribution is 5.89. The van der Waals surface area contributed by atoms with Gasteiger partial charge >= 0.3 is 5.97 Å². The molecule has 0 aromatic heterocycles. The first kappa shape index (κ1) is 11.8. The first-order valence-electron chi connectivity index (χ1n) is 6.84. The van der Waals surface area contributed by atoms with E-state index < -0.39 is 11.9 Å². The van der Waals surface area contributed by atoms with Crippen LogP contribution in [0, 0.1) is 29.6 Å². The van der Waals surface area contributed by atoms with Crippen molar-refractivity contribution in [1.29, 1.82) is 0 Å². The van der Waals surface area contributed by atoms with Crippen LogP contribution in [0.3, 0.4) is 0 Å². The zero-order valence-electron chi connectivity index (χ0n) is 10.3. The highest BCUT2D eigenvalue weighted by Gasteiger charge is 2.48. The molecule has 2 fully saturated rings. The minimum atomic E-state index is -0.838. The van der Waals surface area contributed by atoms with Gasteiger partial charge < -0.3 is 10.4 Å². The SMILES string of the molecule is O=C(NC[C@H]1C[C@H]2C=C[C@H]1CC2)[C@H]1C[C@H]1C(=O)O. The number of carboxylic acid groups (broad SMARTS) is 1. The number of carbonyl (C=O) groups excluding carboxylic acids is 1. The maximum absolute atomic E-state index is 11.8. The van der Waals surface area contributed by atoms with Gasteiger partial charge in [-0.2, -0.15) is 0 Å². The standard InChI is InChI=1S/C14H19NO3/c16-13(11-6-12(11)14(17)18)15-7-10-5-8-1-3-9(10)4-2-8/h1,3,8-12H,2,4-7H2,(H,15,16)(H,17,18)/t8-,9-,10+,11-,12+/m0/s1. The summed E-state index contributed by atoms with van der Waals surface area (Å²) in [7, 11) is 0. The van der Waals surface area contributed by atoms with E-state index in [-0.39, 0.29) is 11.8 Å². The van der Waals surface area contributed by atoms with Crippen LogP contribution in [0.15, 0.2) is 12.2 Å². The van der Waals surface area contributed by atoms with Gasteiger partial charge in [0.05, 0.1) is 11.8 Å². The van der Waals surface area contributed by atoms with Gasteiger partial charge in [0, 0.05) is 6.54 Å². The summed E-state index contributed by atoms with van der Waals surface area (Å²) < 4.78 is 0. The number of hydrogen-bond acceptors (Lipinski definition) is 2. The van der Waals surface area contributed by atoms with Crippen LogP contribution in [-0.2, 0) is 9.59 Å². The van der Waals surface area contributed by atoms with Crippen molar-refractivity contribution in [1.82, 2.24) is 5.32 Å². The first-order chi connectivity index (χ1) is 8.65. The van der Waals surface area contributed by atoms with E-state index in [0.717, 1.165) is 0 Å². The molecule has 2 bridgehead atoms. The number of amides is 1. The van der Waals surface area contributed by atoms with Crippen molar-refractivity contribution in [3.8, 4) is 0 Å². The van der Waals surface area contributed by atoms with Crippen molar-refractivity contribution in [2.75, 3.05) is 6.54 Å². The van der Waals surface area contributed by atoms with E-state index in [2.05, 4.69) is 17.5 Å². The Morgan fingerprint density at radius 1 is 1.17 bits per heavy atom. The molecule has 4 heteroatoms. The van der Waals surface area contributed by atoms with Crippen LogP contribution < -0.4 is 5.32 Å². The third-order valence-electron chi connectivity index (χ3n) is 4.70. The Morgan fingerprint density at radius 2 is 2.00 bits per heavy atom. The maximum atomic E-state index is 11.8. The Morgan fingerprint density at radius 3 is 2.50 bits per heavy atom. The molecule has 0 spiro atoms. The predicted molar refractivity (Wildman–Crippen MR) is 65.7 cm³/mol. The average molecular weight is 249 g/mol. The quantitative estimate of drug-likeness (QED) is 0.741. The lowest BCUT2D eigenvalue weighted by Gasteiger charge is -2.38. The summed E-state index contributed by atoms with van der Waals surface area (Å²) >= 11 is 0. The van der Waals surface area contributed by atoms with Crippen molar-refractivity contribution in [3.05, 3.63) is 12.2 Å². The Bertz CT molecular complexity index is 404. The molecule has 1 amide bonds. The van der Waals surface area contributed by atoms with Crippen LogP contribution in [0.25, 0.3) is 0 Å². The number of rotatable bonds is 4. The fourth-order valence-corrected chi connectivity index (χ4v) is 3.41. The predicted octanol–water partition coefficient (Wildman–Crippen LogP) is 1.43. The minimum Gasteiger partial charge on any atom is -0.481 e. The number of carboxylic acids is 1. The van der Waals surface area contributed by atoms with Crippen LogP contribution in [0.4, 0.5) is 0 Å². The highest BCUT2D eigenvalue weighted by Crippen LogP contribution is 2.41. The molecule has 5 atom stereocenters. The van der Waals surface area contributed by atoms with E-state index in [4.69, 9.17) is 5.11 Å². The largest absolute Gasteiger partial charge is 0.481 e. The molecule has 2 N–H and O–H groups in total. The lowest BCUT2D eigenvalue weighted by atomic mass is 9.69. The monoisotopic (exact) mass is 249 g/mol. The van der Waals surface area contributed by atoms with Gasteiger partial charge in [-0.1, -0.05) is 12.2 Å². The summed E-state index contributed by atoms with van der Waals surface area (Å²) in [5.74, 6) is 0.253. The summed E-state index contributed by atoms with van der Waals surface area (Å²) in [6.45, 7) is 0.715. The second-order valence-corrected chi connectivity index (χ2v) is 5.91. The second-order valence-electron chi connectivity index (χ2n) is 5.91. The van der Waals surface area contributed by atoms with Crippen LogP contribution in [0.5, 0.6) is 0 Å². The number of aliphatic carboxylic acids is 1. The molecule has 0 heterocycles. The van der Waals surface area contributed by atoms with Gasteiger partial charge in [0.2, 0.25) is 5.91 Å². The van der Waals surface area contributed by atoms with Gasteiger partial charge in [-0.15, -0.1) is 0 Å². The molecule has 18 heavy (non-hydrogen) atoms. The number of carbonyl (C=O) groups is 2. The van der Waals surface area contributed by atoms with E-state index in [1.165, 1.54) is 19.3 Å². The number of nitrogens with one attached hydrogen (secondary N) is 1. The zero-order chi connectivity index (χ0) is 12.7. The molecule has 4 nitrogen and oxygen atoms in total. The van der Waals surface area contributed by atoms with Crippen LogP contribution in [0.1, 0.15) is 25.7 Å². The van der Waals surface area contributed by atoms with E-state index in [1.54, 1.807) is 0 Å². The number of allylic oxidation sites excluding steroid dienone is 2. The summed E-state index contributed by atoms with van der Waals surface area (Å²) in [5.41, 5.74) is 0. The Hall–Kier alpha value is -1.32. The van der Waals surface area contributed by atoms with Crippen molar-refractivity contribution >= 4 is 11.9 Å². The van der Waals surface area contributed by atoms with E-state index in [1.807, 2.05) is 0 Å². The maximum Gasteiger partial charge on any atom is 0.307 e. The van der Waals surface area contributed by atoms with Gasteiger partial charge in [0.25, 0.3) is 0 Å². The molecule has 0 radical (unpaired) electrons. The summed E-state index contributed by atoms with van der Waals surface area (Å²) in [4.78, 5) is 22.5. The van der Waals surface area contributed by atoms with E-state index in [0.29, 0.717) is 30.7 Å². The molecule has 98 valence electrons. The van der Waals surface area contributed by atoms with Crippen molar-refractivity contribution in [2.45, 2.75) is 25.7 Å². The smallest absolute Gasteiger partial charge is 0.307 e. The molecular weight excluding hydrogens is 230 g/mol. The average Bonchev–Trinajstić information content (AvgIpc) is 3.18. The molecule has 2 saturated carbocycles. The Labute approximate surface area is 106 Å². The van der Waals surface area contributed by atoms with E-state index in [9.17, 15) is 9.59 Å². The highest BCUT2D eigenvalue weighted by atomic mass is 16.4. The lowest BCUT2D eigenvalue weighted by molar-refractivity contribution is -0.140. The third kappa shape index (κ3) is 2.16. The molecular formula is C14H19NO3. The Balaban J connectivity index is 1.47. The molecule has 4 aliphatic rings. The summed E-state index contributed by atoms with van der Waals surface area (Å²) in [6.07, 6.45) is 8.82. The Kier molecular flexibility index (Phi) is 2.88. The van der Waals surface area contributed by atoms with Crippen molar-refractivity contribution in [3.63, 3.8) is 0 Å². The van der Waals surface area contributed by atoms with Crippen molar-refractivity contribution < 1.29 is 14.7 Å². The molecule has 0 unspecified atom stereocenters. The van der Waals surface area contributed by atoms with E-state index >= 15 is 0 Å². The number of hydrogen-bond donors (Lipinski definition) is 2. The van der Waals surface area contributed by atoms with Crippen LogP contribution >= 0.6 is 0 Å². The van der Waals surface area contributed by atoms with Gasteiger partial charge in [-0.3, -0.25) is 9.59 Å². The van der Waals surface area contributed by atoms with Gasteiger partial charge in [-0.05, 0) is 43.4 Å². The fraction of sp³-hybridized carbons (Fsp3) is 0.714. The lowest BCUT2D eigenvalue weighted by Crippen LogP contribution is -2.38. The van der Waals surface area contributed by atoms with Gasteiger partial charge in [0.15, 0.2) is 0 Å². The topological polar surface area (TPSA) is 66.4 Å². The van der Waals surface area contributed by atoms with Crippen molar-refractivity contribution in [2.24, 2.45) is 29.6 Å². The summed E-state index contributed by atoms with van der Waals surface area (Å²) in [5, 5.41) is 11.7. The van der Waals surface area contributed by atoms with Crippen LogP contribution in [-0.4, -0.2) is 23.5 Å². The van der Waals surface area contributed by atoms with Gasteiger partial charge in [0.1, 0.15) is 0 Å². The van der Waals surface area contributed by atoms with Gasteiger partial charge in [-0.25, -0.2) is 0 Å². The van der Waals surface area contributed by atoms with Crippen LogP contribution in [0.2, 0.25) is 0 Å². The normalized spacial score (nSPS) is 40.6. The molecule has 0 aliphatic heterocycles. The third-order valence-corrected chi connectivity index (χ3v) is 4.70. The molecule has 4 aliphatic carbocycles. The zero-order valence-corrected chi connectivity index (χ0v) is 10.3. The second kappa shape index (κ2) is 4.41. The molecule has 0 aromatic carbocycles. The first-order valence-corrected chi connectivity index (χ1v) is 6.84. The molecule has 0 aromatic rings.